The molecule has 0 spiro atoms. The fraction of sp³-hybridized carbons (Fsp3) is 0.556. The molecule has 0 unspecified atom stereocenters. The van der Waals surface area contributed by atoms with Gasteiger partial charge in [-0.3, -0.25) is 4.79 Å². The average Bonchev–Trinajstić information content (AvgIpc) is 2.59. The summed E-state index contributed by atoms with van der Waals surface area (Å²) in [4.78, 5) is 27.7. The normalized spacial score (nSPS) is 17.4. The fourth-order valence-corrected chi connectivity index (χ4v) is 2.85. The number of urea groups is 1. The number of amides is 3. The quantitative estimate of drug-likeness (QED) is 0.817. The molecule has 1 aliphatic rings. The van der Waals surface area contributed by atoms with Gasteiger partial charge in [0.2, 0.25) is 5.91 Å². The number of nitrogens with zero attached hydrogens (tertiary/aromatic N) is 2. The van der Waals surface area contributed by atoms with E-state index < -0.39 is 0 Å². The van der Waals surface area contributed by atoms with E-state index in [2.05, 4.69) is 10.6 Å². The number of ether oxygens (including phenoxy) is 1. The monoisotopic (exact) mass is 348 g/mol. The van der Waals surface area contributed by atoms with Crippen LogP contribution in [0.5, 0.6) is 0 Å². The molecule has 0 radical (unpaired) electrons. The average molecular weight is 348 g/mol. The third-order valence-electron chi connectivity index (χ3n) is 4.11. The molecule has 2 rings (SSSR count). The van der Waals surface area contributed by atoms with E-state index in [-0.39, 0.29) is 18.0 Å². The Balaban J connectivity index is 1.85. The van der Waals surface area contributed by atoms with Crippen LogP contribution in [-0.4, -0.2) is 68.7 Å². The zero-order chi connectivity index (χ0) is 18.2. The van der Waals surface area contributed by atoms with Crippen LogP contribution in [0.15, 0.2) is 24.3 Å². The van der Waals surface area contributed by atoms with Gasteiger partial charge in [-0.05, 0) is 44.6 Å². The van der Waals surface area contributed by atoms with Crippen molar-refractivity contribution in [1.29, 1.82) is 0 Å². The molecule has 0 saturated carbocycles. The Morgan fingerprint density at radius 1 is 1.36 bits per heavy atom. The second kappa shape index (κ2) is 9.39. The topological polar surface area (TPSA) is 73.9 Å². The predicted octanol–water partition coefficient (Wildman–Crippen LogP) is 1.51. The van der Waals surface area contributed by atoms with Crippen molar-refractivity contribution in [3.8, 4) is 0 Å². The summed E-state index contributed by atoms with van der Waals surface area (Å²) in [6.45, 7) is 2.14. The van der Waals surface area contributed by atoms with E-state index in [1.54, 1.807) is 12.0 Å². The first-order chi connectivity index (χ1) is 12.0. The number of methoxy groups -OCH3 is 1. The van der Waals surface area contributed by atoms with Gasteiger partial charge >= 0.3 is 6.03 Å². The number of anilines is 1. The Kier molecular flexibility index (Phi) is 7.21. The summed E-state index contributed by atoms with van der Waals surface area (Å²) in [6.07, 6.45) is 2.07. The maximum atomic E-state index is 12.3. The summed E-state index contributed by atoms with van der Waals surface area (Å²) in [6, 6.07) is 7.43. The number of piperidine rings is 1. The van der Waals surface area contributed by atoms with Gasteiger partial charge in [-0.2, -0.15) is 0 Å². The van der Waals surface area contributed by atoms with Crippen LogP contribution in [0.1, 0.15) is 18.4 Å². The number of benzene rings is 1. The van der Waals surface area contributed by atoms with Crippen LogP contribution in [0.3, 0.4) is 0 Å². The minimum Gasteiger partial charge on any atom is -0.380 e. The minimum atomic E-state index is -0.0798. The first-order valence-corrected chi connectivity index (χ1v) is 8.57. The van der Waals surface area contributed by atoms with Gasteiger partial charge in [0.25, 0.3) is 0 Å². The molecule has 1 aliphatic heterocycles. The Morgan fingerprint density at radius 2 is 2.16 bits per heavy atom. The van der Waals surface area contributed by atoms with Gasteiger partial charge in [0.05, 0.1) is 12.6 Å². The smallest absolute Gasteiger partial charge is 0.317 e. The molecule has 1 aromatic rings. The SMILES string of the molecule is CO[C@H]1CCCN(C(=O)NCc2cccc(NC(=O)CN(C)C)c2)C1. The number of rotatable bonds is 6. The molecule has 138 valence electrons. The van der Waals surface area contributed by atoms with Crippen molar-refractivity contribution < 1.29 is 14.3 Å². The molecule has 0 bridgehead atoms. The van der Waals surface area contributed by atoms with Gasteiger partial charge in [0.15, 0.2) is 0 Å². The molecule has 2 N–H and O–H groups in total. The molecule has 1 atom stereocenters. The lowest BCUT2D eigenvalue weighted by atomic mass is 10.1. The number of carbonyl (C=O) groups is 2. The molecular formula is C18H28N4O3. The number of hydrogen-bond donors (Lipinski definition) is 2. The highest BCUT2D eigenvalue weighted by atomic mass is 16.5. The van der Waals surface area contributed by atoms with Crippen LogP contribution in [-0.2, 0) is 16.1 Å². The third kappa shape index (κ3) is 6.36. The molecule has 0 aromatic heterocycles. The van der Waals surface area contributed by atoms with Crippen molar-refractivity contribution in [3.63, 3.8) is 0 Å². The van der Waals surface area contributed by atoms with Crippen molar-refractivity contribution in [2.45, 2.75) is 25.5 Å². The number of hydrogen-bond acceptors (Lipinski definition) is 4. The number of likely N-dealkylation sites (tertiary alicyclic amines) is 1. The lowest BCUT2D eigenvalue weighted by Gasteiger charge is -2.31. The van der Waals surface area contributed by atoms with Crippen molar-refractivity contribution >= 4 is 17.6 Å². The Bertz CT molecular complexity index is 591. The summed E-state index contributed by atoms with van der Waals surface area (Å²) in [5, 5.41) is 5.79. The van der Waals surface area contributed by atoms with Crippen molar-refractivity contribution in [2.24, 2.45) is 0 Å². The Hall–Kier alpha value is -2.12. The molecule has 1 saturated heterocycles. The van der Waals surface area contributed by atoms with Crippen LogP contribution in [0.4, 0.5) is 10.5 Å². The highest BCUT2D eigenvalue weighted by molar-refractivity contribution is 5.92. The van der Waals surface area contributed by atoms with E-state index in [0.717, 1.165) is 30.6 Å². The van der Waals surface area contributed by atoms with E-state index in [9.17, 15) is 9.59 Å². The number of nitrogens with one attached hydrogen (secondary N) is 2. The first kappa shape index (κ1) is 19.2. The molecule has 1 aromatic carbocycles. The number of carbonyl (C=O) groups excluding carboxylic acids is 2. The van der Waals surface area contributed by atoms with Crippen LogP contribution in [0.25, 0.3) is 0 Å². The maximum absolute atomic E-state index is 12.3. The van der Waals surface area contributed by atoms with E-state index in [4.69, 9.17) is 4.74 Å². The molecule has 7 heteroatoms. The standard InChI is InChI=1S/C18H28N4O3/c1-21(2)13-17(23)20-15-7-4-6-14(10-15)11-19-18(24)22-9-5-8-16(12-22)25-3/h4,6-7,10,16H,5,8-9,11-13H2,1-3H3,(H,19,24)(H,20,23)/t16-/m0/s1. The Morgan fingerprint density at radius 3 is 2.88 bits per heavy atom. The van der Waals surface area contributed by atoms with E-state index >= 15 is 0 Å². The van der Waals surface area contributed by atoms with Gasteiger partial charge in [-0.25, -0.2) is 4.79 Å². The molecular weight excluding hydrogens is 320 g/mol. The lowest BCUT2D eigenvalue weighted by Crippen LogP contribution is -2.47. The first-order valence-electron chi connectivity index (χ1n) is 8.57. The van der Waals surface area contributed by atoms with Gasteiger partial charge in [0, 0.05) is 32.4 Å². The fourth-order valence-electron chi connectivity index (χ4n) is 2.85. The summed E-state index contributed by atoms with van der Waals surface area (Å²) in [5.74, 6) is -0.0647. The van der Waals surface area contributed by atoms with Gasteiger partial charge in [-0.15, -0.1) is 0 Å². The summed E-state index contributed by atoms with van der Waals surface area (Å²) in [5.41, 5.74) is 1.67. The highest BCUT2D eigenvalue weighted by Crippen LogP contribution is 2.13. The maximum Gasteiger partial charge on any atom is 0.317 e. The van der Waals surface area contributed by atoms with Gasteiger partial charge in [0.1, 0.15) is 0 Å². The second-order valence-corrected chi connectivity index (χ2v) is 6.59. The molecule has 7 nitrogen and oxygen atoms in total. The zero-order valence-electron chi connectivity index (χ0n) is 15.2. The summed E-state index contributed by atoms with van der Waals surface area (Å²) in [7, 11) is 5.38. The molecule has 25 heavy (non-hydrogen) atoms. The summed E-state index contributed by atoms with van der Waals surface area (Å²) < 4.78 is 5.35. The van der Waals surface area contributed by atoms with Crippen molar-refractivity contribution in [1.82, 2.24) is 15.1 Å². The van der Waals surface area contributed by atoms with Gasteiger partial charge < -0.3 is 25.2 Å². The summed E-state index contributed by atoms with van der Waals surface area (Å²) >= 11 is 0. The zero-order valence-corrected chi connectivity index (χ0v) is 15.2. The third-order valence-corrected chi connectivity index (χ3v) is 4.11. The highest BCUT2D eigenvalue weighted by Gasteiger charge is 2.23. The molecule has 1 fully saturated rings. The van der Waals surface area contributed by atoms with E-state index in [0.29, 0.717) is 19.6 Å². The largest absolute Gasteiger partial charge is 0.380 e. The van der Waals surface area contributed by atoms with E-state index in [1.165, 1.54) is 0 Å². The van der Waals surface area contributed by atoms with Crippen molar-refractivity contribution in [2.75, 3.05) is 46.2 Å². The molecule has 3 amide bonds. The molecule has 1 heterocycles. The second-order valence-electron chi connectivity index (χ2n) is 6.59. The molecule has 0 aliphatic carbocycles. The van der Waals surface area contributed by atoms with Crippen molar-refractivity contribution in [3.05, 3.63) is 29.8 Å². The van der Waals surface area contributed by atoms with Crippen LogP contribution in [0, 0.1) is 0 Å². The van der Waals surface area contributed by atoms with Crippen LogP contribution < -0.4 is 10.6 Å². The Labute approximate surface area is 149 Å². The lowest BCUT2D eigenvalue weighted by molar-refractivity contribution is -0.116. The van der Waals surface area contributed by atoms with Crippen LogP contribution in [0.2, 0.25) is 0 Å². The minimum absolute atomic E-state index is 0.0647. The number of likely N-dealkylation sites (N-methyl/N-ethyl adjacent to an activating group) is 1. The van der Waals surface area contributed by atoms with Crippen LogP contribution >= 0.6 is 0 Å². The van der Waals surface area contributed by atoms with E-state index in [1.807, 2.05) is 43.3 Å². The predicted molar refractivity (Wildman–Crippen MR) is 97.5 cm³/mol. The van der Waals surface area contributed by atoms with Gasteiger partial charge in [-0.1, -0.05) is 12.1 Å².